The van der Waals surface area contributed by atoms with Crippen LogP contribution in [-0.4, -0.2) is 23.1 Å². The second-order valence-electron chi connectivity index (χ2n) is 5.78. The zero-order valence-corrected chi connectivity index (χ0v) is 11.6. The molecule has 2 saturated carbocycles. The molecule has 5 nitrogen and oxygen atoms in total. The highest BCUT2D eigenvalue weighted by molar-refractivity contribution is 5.49. The smallest absolute Gasteiger partial charge is 0.145 e. The molecule has 2 fully saturated rings. The fraction of sp³-hybridized carbons (Fsp3) is 0.714. The molecule has 3 N–H and O–H groups in total. The van der Waals surface area contributed by atoms with Crippen LogP contribution in [0, 0.1) is 5.92 Å². The molecule has 2 aliphatic carbocycles. The Labute approximate surface area is 114 Å². The van der Waals surface area contributed by atoms with Crippen molar-refractivity contribution in [3.63, 3.8) is 0 Å². The van der Waals surface area contributed by atoms with Crippen LogP contribution >= 0.6 is 0 Å². The van der Waals surface area contributed by atoms with Gasteiger partial charge in [0, 0.05) is 25.1 Å². The number of nitrogen functional groups attached to an aromatic ring is 1. The molecular weight excluding hydrogens is 238 g/mol. The third kappa shape index (κ3) is 3.15. The van der Waals surface area contributed by atoms with Gasteiger partial charge in [0.25, 0.3) is 0 Å². The SMILES string of the molecule is CCCN(CC1CC1)c1cc(NN)nc(C2CC2)n1. The average Bonchev–Trinajstić information content (AvgIpc) is 3.29. The van der Waals surface area contributed by atoms with Crippen LogP contribution in [0.1, 0.15) is 50.8 Å². The van der Waals surface area contributed by atoms with Gasteiger partial charge in [-0.3, -0.25) is 0 Å². The van der Waals surface area contributed by atoms with Gasteiger partial charge in [-0.15, -0.1) is 0 Å². The lowest BCUT2D eigenvalue weighted by molar-refractivity contribution is 0.694. The summed E-state index contributed by atoms with van der Waals surface area (Å²) in [5.74, 6) is 9.69. The Morgan fingerprint density at radius 2 is 2.11 bits per heavy atom. The van der Waals surface area contributed by atoms with Crippen LogP contribution in [0.3, 0.4) is 0 Å². The van der Waals surface area contributed by atoms with Crippen molar-refractivity contribution in [1.82, 2.24) is 9.97 Å². The number of anilines is 2. The molecule has 0 bridgehead atoms. The molecule has 0 spiro atoms. The van der Waals surface area contributed by atoms with E-state index in [1.54, 1.807) is 0 Å². The third-order valence-corrected chi connectivity index (χ3v) is 3.81. The largest absolute Gasteiger partial charge is 0.356 e. The van der Waals surface area contributed by atoms with Gasteiger partial charge in [0.1, 0.15) is 17.5 Å². The van der Waals surface area contributed by atoms with Gasteiger partial charge in [0.05, 0.1) is 0 Å². The molecule has 104 valence electrons. The van der Waals surface area contributed by atoms with Crippen molar-refractivity contribution in [2.24, 2.45) is 11.8 Å². The van der Waals surface area contributed by atoms with Crippen LogP contribution in [0.4, 0.5) is 11.6 Å². The lowest BCUT2D eigenvalue weighted by Crippen LogP contribution is -2.28. The lowest BCUT2D eigenvalue weighted by Gasteiger charge is -2.24. The van der Waals surface area contributed by atoms with Crippen LogP contribution in [-0.2, 0) is 0 Å². The number of rotatable bonds is 7. The Hall–Kier alpha value is -1.36. The summed E-state index contributed by atoms with van der Waals surface area (Å²) < 4.78 is 0. The quantitative estimate of drug-likeness (QED) is 0.582. The maximum absolute atomic E-state index is 5.54. The van der Waals surface area contributed by atoms with E-state index in [0.29, 0.717) is 5.92 Å². The molecule has 2 aliphatic rings. The highest BCUT2D eigenvalue weighted by Gasteiger charge is 2.29. The van der Waals surface area contributed by atoms with E-state index in [1.807, 2.05) is 6.07 Å². The number of aromatic nitrogens is 2. The predicted molar refractivity (Wildman–Crippen MR) is 77.0 cm³/mol. The van der Waals surface area contributed by atoms with Crippen molar-refractivity contribution >= 4 is 11.6 Å². The van der Waals surface area contributed by atoms with Gasteiger partial charge < -0.3 is 10.3 Å². The summed E-state index contributed by atoms with van der Waals surface area (Å²) in [6, 6.07) is 1.98. The van der Waals surface area contributed by atoms with Crippen LogP contribution < -0.4 is 16.2 Å². The second-order valence-corrected chi connectivity index (χ2v) is 5.78. The van der Waals surface area contributed by atoms with Crippen molar-refractivity contribution in [1.29, 1.82) is 0 Å². The zero-order valence-electron chi connectivity index (χ0n) is 11.6. The normalized spacial score (nSPS) is 18.4. The fourth-order valence-electron chi connectivity index (χ4n) is 2.39. The number of nitrogens with zero attached hydrogens (tertiary/aromatic N) is 3. The molecule has 1 aromatic rings. The van der Waals surface area contributed by atoms with E-state index in [4.69, 9.17) is 10.8 Å². The van der Waals surface area contributed by atoms with E-state index in [1.165, 1.54) is 25.7 Å². The minimum Gasteiger partial charge on any atom is -0.356 e. The first-order valence-electron chi connectivity index (χ1n) is 7.40. The summed E-state index contributed by atoms with van der Waals surface area (Å²) in [7, 11) is 0. The fourth-order valence-corrected chi connectivity index (χ4v) is 2.39. The summed E-state index contributed by atoms with van der Waals surface area (Å²) in [4.78, 5) is 11.6. The van der Waals surface area contributed by atoms with E-state index in [0.717, 1.165) is 42.9 Å². The van der Waals surface area contributed by atoms with E-state index >= 15 is 0 Å². The van der Waals surface area contributed by atoms with E-state index < -0.39 is 0 Å². The van der Waals surface area contributed by atoms with Crippen molar-refractivity contribution in [3.05, 3.63) is 11.9 Å². The molecule has 5 heteroatoms. The Balaban J connectivity index is 1.84. The van der Waals surface area contributed by atoms with E-state index in [9.17, 15) is 0 Å². The average molecular weight is 261 g/mol. The zero-order chi connectivity index (χ0) is 13.2. The Bertz CT molecular complexity index is 439. The number of hydrogen-bond acceptors (Lipinski definition) is 5. The van der Waals surface area contributed by atoms with Gasteiger partial charge in [0.2, 0.25) is 0 Å². The molecule has 0 atom stereocenters. The van der Waals surface area contributed by atoms with Gasteiger partial charge in [-0.05, 0) is 38.0 Å². The number of nitrogens with one attached hydrogen (secondary N) is 1. The molecule has 1 heterocycles. The highest BCUT2D eigenvalue weighted by Crippen LogP contribution is 2.39. The molecule has 0 aliphatic heterocycles. The number of hydrogen-bond donors (Lipinski definition) is 2. The summed E-state index contributed by atoms with van der Waals surface area (Å²) in [5.41, 5.74) is 2.68. The van der Waals surface area contributed by atoms with E-state index in [-0.39, 0.29) is 0 Å². The van der Waals surface area contributed by atoms with Crippen molar-refractivity contribution < 1.29 is 0 Å². The first-order valence-corrected chi connectivity index (χ1v) is 7.40. The van der Waals surface area contributed by atoms with Crippen LogP contribution in [0.2, 0.25) is 0 Å². The molecule has 0 saturated heterocycles. The molecule has 1 aromatic heterocycles. The van der Waals surface area contributed by atoms with Gasteiger partial charge in [-0.2, -0.15) is 0 Å². The maximum Gasteiger partial charge on any atom is 0.145 e. The number of nitrogens with two attached hydrogens (primary N) is 1. The Morgan fingerprint density at radius 1 is 1.32 bits per heavy atom. The minimum atomic E-state index is 0.552. The van der Waals surface area contributed by atoms with Crippen LogP contribution in [0.25, 0.3) is 0 Å². The summed E-state index contributed by atoms with van der Waals surface area (Å²) in [6.07, 6.45) is 6.29. The van der Waals surface area contributed by atoms with Gasteiger partial charge in [0.15, 0.2) is 0 Å². The van der Waals surface area contributed by atoms with Gasteiger partial charge in [-0.25, -0.2) is 15.8 Å². The molecular formula is C14H23N5. The topological polar surface area (TPSA) is 67.1 Å². The Kier molecular flexibility index (Phi) is 3.55. The molecule has 0 radical (unpaired) electrons. The summed E-state index contributed by atoms with van der Waals surface area (Å²) in [5, 5.41) is 0. The molecule has 19 heavy (non-hydrogen) atoms. The lowest BCUT2D eigenvalue weighted by atomic mass is 10.3. The molecule has 0 unspecified atom stereocenters. The molecule has 0 amide bonds. The maximum atomic E-state index is 5.54. The monoisotopic (exact) mass is 261 g/mol. The van der Waals surface area contributed by atoms with Crippen LogP contribution in [0.15, 0.2) is 6.07 Å². The first-order chi connectivity index (χ1) is 9.30. The summed E-state index contributed by atoms with van der Waals surface area (Å²) in [6.45, 7) is 4.39. The molecule has 0 aromatic carbocycles. The van der Waals surface area contributed by atoms with Crippen molar-refractivity contribution in [3.8, 4) is 0 Å². The first kappa shape index (κ1) is 12.7. The van der Waals surface area contributed by atoms with Crippen molar-refractivity contribution in [2.45, 2.75) is 44.9 Å². The number of hydrazine groups is 1. The molecule has 3 rings (SSSR count). The van der Waals surface area contributed by atoms with E-state index in [2.05, 4.69) is 22.2 Å². The predicted octanol–water partition coefficient (Wildman–Crippen LogP) is 2.27. The van der Waals surface area contributed by atoms with Crippen molar-refractivity contribution in [2.75, 3.05) is 23.4 Å². The van der Waals surface area contributed by atoms with Crippen LogP contribution in [0.5, 0.6) is 0 Å². The highest BCUT2D eigenvalue weighted by atomic mass is 15.3. The summed E-state index contributed by atoms with van der Waals surface area (Å²) >= 11 is 0. The Morgan fingerprint density at radius 3 is 2.68 bits per heavy atom. The minimum absolute atomic E-state index is 0.552. The second kappa shape index (κ2) is 5.33. The van der Waals surface area contributed by atoms with Gasteiger partial charge in [-0.1, -0.05) is 6.92 Å². The van der Waals surface area contributed by atoms with Gasteiger partial charge >= 0.3 is 0 Å². The standard InChI is InChI=1S/C14H23N5/c1-2-7-19(9-10-3-4-10)13-8-12(18-15)16-14(17-13)11-5-6-11/h8,10-11H,2-7,9,15H2,1H3,(H,16,17,18). The third-order valence-electron chi connectivity index (χ3n) is 3.81.